The Morgan fingerprint density at radius 1 is 1.33 bits per heavy atom. The molecular weight excluding hydrogens is 237 g/mol. The van der Waals surface area contributed by atoms with Crippen LogP contribution in [0.25, 0.3) is 0 Å². The molecular formula is C13H16FNO3. The first kappa shape index (κ1) is 14.2. The number of hydrogen-bond acceptors (Lipinski definition) is 2. The van der Waals surface area contributed by atoms with E-state index in [1.807, 2.05) is 6.92 Å². The van der Waals surface area contributed by atoms with Gasteiger partial charge in [-0.1, -0.05) is 19.1 Å². The maximum atomic E-state index is 12.8. The van der Waals surface area contributed by atoms with Crippen LogP contribution >= 0.6 is 0 Å². The molecule has 1 aromatic rings. The second-order valence-corrected chi connectivity index (χ2v) is 4.02. The molecule has 0 fully saturated rings. The van der Waals surface area contributed by atoms with Crippen LogP contribution in [0.5, 0.6) is 0 Å². The number of carboxylic acid groups (broad SMARTS) is 1. The number of rotatable bonds is 6. The fraction of sp³-hybridized carbons (Fsp3) is 0.385. The van der Waals surface area contributed by atoms with E-state index in [1.165, 1.54) is 24.3 Å². The zero-order valence-corrected chi connectivity index (χ0v) is 10.1. The average Bonchev–Trinajstić information content (AvgIpc) is 2.28. The van der Waals surface area contributed by atoms with Gasteiger partial charge in [0, 0.05) is 6.42 Å². The summed E-state index contributed by atoms with van der Waals surface area (Å²) in [5.74, 6) is -1.61. The molecule has 18 heavy (non-hydrogen) atoms. The van der Waals surface area contributed by atoms with Crippen molar-refractivity contribution in [3.63, 3.8) is 0 Å². The van der Waals surface area contributed by atoms with Gasteiger partial charge in [0.1, 0.15) is 5.82 Å². The van der Waals surface area contributed by atoms with Crippen molar-refractivity contribution < 1.29 is 19.1 Å². The van der Waals surface area contributed by atoms with Gasteiger partial charge in [0.05, 0.1) is 12.5 Å². The number of halogens is 1. The van der Waals surface area contributed by atoms with E-state index >= 15 is 0 Å². The van der Waals surface area contributed by atoms with Crippen molar-refractivity contribution in [2.45, 2.75) is 32.2 Å². The van der Waals surface area contributed by atoms with Crippen LogP contribution in [0.2, 0.25) is 0 Å². The predicted molar refractivity (Wildman–Crippen MR) is 64.4 cm³/mol. The molecule has 0 aromatic heterocycles. The lowest BCUT2D eigenvalue weighted by Crippen LogP contribution is -2.29. The smallest absolute Gasteiger partial charge is 0.305 e. The van der Waals surface area contributed by atoms with Crippen molar-refractivity contribution in [2.24, 2.45) is 0 Å². The van der Waals surface area contributed by atoms with Gasteiger partial charge in [-0.05, 0) is 24.1 Å². The number of carbonyl (C=O) groups is 2. The third-order valence-electron chi connectivity index (χ3n) is 2.46. The molecule has 1 unspecified atom stereocenters. The minimum atomic E-state index is -1.01. The zero-order valence-electron chi connectivity index (χ0n) is 10.1. The number of nitrogens with one attached hydrogen (secondary N) is 1. The Labute approximate surface area is 105 Å². The highest BCUT2D eigenvalue weighted by Crippen LogP contribution is 2.17. The van der Waals surface area contributed by atoms with Gasteiger partial charge in [0.2, 0.25) is 5.91 Å². The van der Waals surface area contributed by atoms with Gasteiger partial charge < -0.3 is 10.4 Å². The van der Waals surface area contributed by atoms with Gasteiger partial charge in [-0.15, -0.1) is 0 Å². The maximum Gasteiger partial charge on any atom is 0.305 e. The van der Waals surface area contributed by atoms with Crippen LogP contribution in [0.4, 0.5) is 4.39 Å². The lowest BCUT2D eigenvalue weighted by atomic mass is 10.0. The van der Waals surface area contributed by atoms with Gasteiger partial charge >= 0.3 is 5.97 Å². The fourth-order valence-electron chi connectivity index (χ4n) is 1.62. The molecule has 0 saturated heterocycles. The number of carbonyl (C=O) groups excluding carboxylic acids is 1. The molecule has 1 atom stereocenters. The topological polar surface area (TPSA) is 66.4 Å². The molecule has 0 aliphatic carbocycles. The van der Waals surface area contributed by atoms with Crippen molar-refractivity contribution >= 4 is 11.9 Å². The molecule has 0 saturated carbocycles. The van der Waals surface area contributed by atoms with E-state index in [4.69, 9.17) is 5.11 Å². The van der Waals surface area contributed by atoms with Gasteiger partial charge in [0.15, 0.2) is 0 Å². The standard InChI is InChI=1S/C13H16FNO3/c1-2-3-12(16)15-11(8-13(17)18)9-4-6-10(14)7-5-9/h4-7,11H,2-3,8H2,1H3,(H,15,16)(H,17,18). The molecule has 5 heteroatoms. The second kappa shape index (κ2) is 6.74. The van der Waals surface area contributed by atoms with E-state index in [2.05, 4.69) is 5.32 Å². The normalized spacial score (nSPS) is 11.9. The van der Waals surface area contributed by atoms with Crippen LogP contribution in [0.15, 0.2) is 24.3 Å². The van der Waals surface area contributed by atoms with Crippen LogP contribution in [-0.4, -0.2) is 17.0 Å². The van der Waals surface area contributed by atoms with Crippen LogP contribution in [-0.2, 0) is 9.59 Å². The molecule has 0 spiro atoms. The summed E-state index contributed by atoms with van der Waals surface area (Å²) >= 11 is 0. The Balaban J connectivity index is 2.80. The van der Waals surface area contributed by atoms with Crippen molar-refractivity contribution in [2.75, 3.05) is 0 Å². The maximum absolute atomic E-state index is 12.8. The molecule has 0 bridgehead atoms. The van der Waals surface area contributed by atoms with E-state index in [9.17, 15) is 14.0 Å². The first-order chi connectivity index (χ1) is 8.52. The summed E-state index contributed by atoms with van der Waals surface area (Å²) in [4.78, 5) is 22.3. The highest BCUT2D eigenvalue weighted by molar-refractivity contribution is 5.77. The summed E-state index contributed by atoms with van der Waals surface area (Å²) in [5.41, 5.74) is 0.586. The number of amides is 1. The second-order valence-electron chi connectivity index (χ2n) is 4.02. The predicted octanol–water partition coefficient (Wildman–Crippen LogP) is 2.26. The number of carboxylic acids is 1. The minimum absolute atomic E-state index is 0.201. The van der Waals surface area contributed by atoms with Crippen LogP contribution in [0.3, 0.4) is 0 Å². The van der Waals surface area contributed by atoms with E-state index in [0.29, 0.717) is 18.4 Å². The summed E-state index contributed by atoms with van der Waals surface area (Å²) in [6, 6.07) is 4.83. The molecule has 4 nitrogen and oxygen atoms in total. The first-order valence-electron chi connectivity index (χ1n) is 5.79. The monoisotopic (exact) mass is 253 g/mol. The summed E-state index contributed by atoms with van der Waals surface area (Å²) in [7, 11) is 0. The fourth-order valence-corrected chi connectivity index (χ4v) is 1.62. The first-order valence-corrected chi connectivity index (χ1v) is 5.79. The highest BCUT2D eigenvalue weighted by Gasteiger charge is 2.17. The van der Waals surface area contributed by atoms with E-state index < -0.39 is 17.8 Å². The van der Waals surface area contributed by atoms with Gasteiger partial charge in [-0.25, -0.2) is 4.39 Å². The molecule has 1 amide bonds. The Morgan fingerprint density at radius 3 is 2.44 bits per heavy atom. The third kappa shape index (κ3) is 4.53. The van der Waals surface area contributed by atoms with Crippen molar-refractivity contribution in [3.8, 4) is 0 Å². The Bertz CT molecular complexity index is 417. The molecule has 2 N–H and O–H groups in total. The zero-order chi connectivity index (χ0) is 13.5. The summed E-state index contributed by atoms with van der Waals surface area (Å²) in [6.45, 7) is 1.86. The molecule has 1 rings (SSSR count). The third-order valence-corrected chi connectivity index (χ3v) is 2.46. The molecule has 98 valence electrons. The van der Waals surface area contributed by atoms with E-state index in [-0.39, 0.29) is 12.3 Å². The number of aliphatic carboxylic acids is 1. The number of hydrogen-bond donors (Lipinski definition) is 2. The van der Waals surface area contributed by atoms with E-state index in [0.717, 1.165) is 0 Å². The highest BCUT2D eigenvalue weighted by atomic mass is 19.1. The summed E-state index contributed by atoms with van der Waals surface area (Å²) in [6.07, 6.45) is 0.813. The van der Waals surface area contributed by atoms with Crippen LogP contribution < -0.4 is 5.32 Å². The van der Waals surface area contributed by atoms with Crippen molar-refractivity contribution in [1.29, 1.82) is 0 Å². The molecule has 0 radical (unpaired) electrons. The average molecular weight is 253 g/mol. The summed E-state index contributed by atoms with van der Waals surface area (Å²) < 4.78 is 12.8. The molecule has 0 heterocycles. The lowest BCUT2D eigenvalue weighted by molar-refractivity contribution is -0.137. The van der Waals surface area contributed by atoms with Crippen LogP contribution in [0, 0.1) is 5.82 Å². The SMILES string of the molecule is CCCC(=O)NC(CC(=O)O)c1ccc(F)cc1. The molecule has 0 aliphatic heterocycles. The number of benzene rings is 1. The van der Waals surface area contributed by atoms with Crippen molar-refractivity contribution in [3.05, 3.63) is 35.6 Å². The van der Waals surface area contributed by atoms with E-state index in [1.54, 1.807) is 0 Å². The Hall–Kier alpha value is -1.91. The minimum Gasteiger partial charge on any atom is -0.481 e. The van der Waals surface area contributed by atoms with Crippen LogP contribution in [0.1, 0.15) is 37.8 Å². The van der Waals surface area contributed by atoms with Gasteiger partial charge in [-0.2, -0.15) is 0 Å². The van der Waals surface area contributed by atoms with Crippen molar-refractivity contribution in [1.82, 2.24) is 5.32 Å². The van der Waals surface area contributed by atoms with Gasteiger partial charge in [0.25, 0.3) is 0 Å². The quantitative estimate of drug-likeness (QED) is 0.817. The van der Waals surface area contributed by atoms with Gasteiger partial charge in [-0.3, -0.25) is 9.59 Å². The molecule has 1 aromatic carbocycles. The summed E-state index contributed by atoms with van der Waals surface area (Å²) in [5, 5.41) is 11.5. The Morgan fingerprint density at radius 2 is 1.94 bits per heavy atom. The lowest BCUT2D eigenvalue weighted by Gasteiger charge is -2.17. The largest absolute Gasteiger partial charge is 0.481 e. The molecule has 0 aliphatic rings. The Kier molecular flexibility index (Phi) is 5.30.